The fourth-order valence-electron chi connectivity index (χ4n) is 3.65. The monoisotopic (exact) mass is 381 g/mol. The number of nitrogens with two attached hydrogens (primary N) is 1. The number of morpholine rings is 1. The zero-order chi connectivity index (χ0) is 18.7. The Labute approximate surface area is 160 Å². The third-order valence-corrected chi connectivity index (χ3v) is 5.32. The average Bonchev–Trinajstić information content (AvgIpc) is 3.01. The van der Waals surface area contributed by atoms with Gasteiger partial charge in [0.25, 0.3) is 5.91 Å². The van der Waals surface area contributed by atoms with Crippen molar-refractivity contribution in [3.05, 3.63) is 28.8 Å². The number of amides is 1. The van der Waals surface area contributed by atoms with Crippen molar-refractivity contribution in [3.8, 4) is 5.75 Å². The van der Waals surface area contributed by atoms with Crippen LogP contribution in [0.1, 0.15) is 30.6 Å². The highest BCUT2D eigenvalue weighted by molar-refractivity contribution is 6.31. The number of carbonyl (C=O) groups excluding carboxylic acids is 1. The normalized spacial score (nSPS) is 26.0. The molecule has 2 aliphatic heterocycles. The first-order chi connectivity index (χ1) is 12.5. The van der Waals surface area contributed by atoms with Crippen molar-refractivity contribution in [2.45, 2.75) is 38.5 Å². The minimum absolute atomic E-state index is 0.100. The van der Waals surface area contributed by atoms with Gasteiger partial charge in [0.2, 0.25) is 0 Å². The number of hydrogen-bond donors (Lipinski definition) is 2. The molecule has 0 spiro atoms. The molecule has 3 N–H and O–H groups in total. The second-order valence-corrected chi connectivity index (χ2v) is 7.84. The molecular weight excluding hydrogens is 354 g/mol. The highest BCUT2D eigenvalue weighted by Crippen LogP contribution is 2.27. The molecule has 2 aliphatic rings. The van der Waals surface area contributed by atoms with E-state index < -0.39 is 0 Å². The molecule has 0 aromatic heterocycles. The molecule has 0 saturated carbocycles. The van der Waals surface area contributed by atoms with Crippen LogP contribution in [0.5, 0.6) is 5.75 Å². The minimum Gasteiger partial charge on any atom is -0.491 e. The summed E-state index contributed by atoms with van der Waals surface area (Å²) in [5.41, 5.74) is 5.95. The topological polar surface area (TPSA) is 76.8 Å². The van der Waals surface area contributed by atoms with Gasteiger partial charge in [0.15, 0.2) is 0 Å². The molecule has 3 rings (SSSR count). The molecule has 26 heavy (non-hydrogen) atoms. The van der Waals surface area contributed by atoms with Crippen molar-refractivity contribution < 1.29 is 14.3 Å². The zero-order valence-electron chi connectivity index (χ0n) is 15.4. The van der Waals surface area contributed by atoms with Gasteiger partial charge >= 0.3 is 0 Å². The molecule has 1 amide bonds. The van der Waals surface area contributed by atoms with Crippen molar-refractivity contribution in [1.29, 1.82) is 0 Å². The summed E-state index contributed by atoms with van der Waals surface area (Å²) in [7, 11) is 0. The van der Waals surface area contributed by atoms with Gasteiger partial charge in [0.1, 0.15) is 12.4 Å². The number of halogens is 1. The number of nitrogens with one attached hydrogen (secondary N) is 1. The van der Waals surface area contributed by atoms with Crippen molar-refractivity contribution in [1.82, 2.24) is 10.2 Å². The van der Waals surface area contributed by atoms with Crippen LogP contribution in [0.25, 0.3) is 0 Å². The van der Waals surface area contributed by atoms with Crippen LogP contribution in [0, 0.1) is 5.92 Å². The van der Waals surface area contributed by atoms with E-state index in [9.17, 15) is 4.79 Å². The lowest BCUT2D eigenvalue weighted by Crippen LogP contribution is -2.48. The van der Waals surface area contributed by atoms with Crippen LogP contribution >= 0.6 is 11.6 Å². The molecule has 2 saturated heterocycles. The lowest BCUT2D eigenvalue weighted by atomic mass is 10.0. The molecule has 144 valence electrons. The fraction of sp³-hybridized carbons (Fsp3) is 0.632. The van der Waals surface area contributed by atoms with E-state index in [2.05, 4.69) is 24.1 Å². The van der Waals surface area contributed by atoms with Crippen LogP contribution in [-0.4, -0.2) is 61.8 Å². The lowest BCUT2D eigenvalue weighted by molar-refractivity contribution is -0.0683. The van der Waals surface area contributed by atoms with Crippen LogP contribution < -0.4 is 15.8 Å². The van der Waals surface area contributed by atoms with Crippen LogP contribution in [0.4, 0.5) is 0 Å². The van der Waals surface area contributed by atoms with Gasteiger partial charge in [-0.15, -0.1) is 0 Å². The van der Waals surface area contributed by atoms with Crippen molar-refractivity contribution in [2.24, 2.45) is 11.7 Å². The standard InChI is InChI=1S/C19H28ClN3O3/c1-12(2)18-10-23-9-14(8-15(23)11-26-18)22-19(24)16-7-13(20)3-4-17(16)25-6-5-21/h3-4,7,12,14-15,18H,5-6,8-11,21H2,1-2H3,(H,22,24)/t14-,15+,18+/m1/s1. The fourth-order valence-corrected chi connectivity index (χ4v) is 3.82. The number of ether oxygens (including phenoxy) is 2. The van der Waals surface area contributed by atoms with Gasteiger partial charge < -0.3 is 20.5 Å². The van der Waals surface area contributed by atoms with Gasteiger partial charge in [0, 0.05) is 36.7 Å². The largest absolute Gasteiger partial charge is 0.491 e. The predicted octanol–water partition coefficient (Wildman–Crippen LogP) is 1.90. The van der Waals surface area contributed by atoms with Gasteiger partial charge in [-0.3, -0.25) is 9.69 Å². The molecule has 0 aliphatic carbocycles. The van der Waals surface area contributed by atoms with E-state index in [4.69, 9.17) is 26.8 Å². The number of nitrogens with zero attached hydrogens (tertiary/aromatic N) is 1. The summed E-state index contributed by atoms with van der Waals surface area (Å²) < 4.78 is 11.6. The van der Waals surface area contributed by atoms with Crippen LogP contribution in [0.2, 0.25) is 5.02 Å². The van der Waals surface area contributed by atoms with Gasteiger partial charge in [-0.1, -0.05) is 25.4 Å². The van der Waals surface area contributed by atoms with E-state index in [1.165, 1.54) is 0 Å². The van der Waals surface area contributed by atoms with Crippen molar-refractivity contribution >= 4 is 17.5 Å². The Morgan fingerprint density at radius 1 is 1.46 bits per heavy atom. The smallest absolute Gasteiger partial charge is 0.255 e. The summed E-state index contributed by atoms with van der Waals surface area (Å²) in [6, 6.07) is 5.55. The maximum absolute atomic E-state index is 12.8. The van der Waals surface area contributed by atoms with Crippen molar-refractivity contribution in [3.63, 3.8) is 0 Å². The highest BCUT2D eigenvalue weighted by atomic mass is 35.5. The Kier molecular flexibility index (Phi) is 6.40. The third kappa shape index (κ3) is 4.49. The van der Waals surface area contributed by atoms with E-state index in [0.29, 0.717) is 41.4 Å². The Bertz CT molecular complexity index is 640. The van der Waals surface area contributed by atoms with E-state index in [0.717, 1.165) is 26.1 Å². The molecule has 6 nitrogen and oxygen atoms in total. The molecule has 2 heterocycles. The molecule has 0 bridgehead atoms. The Balaban J connectivity index is 1.63. The second-order valence-electron chi connectivity index (χ2n) is 7.41. The Hall–Kier alpha value is -1.34. The van der Waals surface area contributed by atoms with Crippen LogP contribution in [0.15, 0.2) is 18.2 Å². The second kappa shape index (κ2) is 8.57. The van der Waals surface area contributed by atoms with E-state index in [1.54, 1.807) is 18.2 Å². The van der Waals surface area contributed by atoms with Gasteiger partial charge in [-0.25, -0.2) is 0 Å². The summed E-state index contributed by atoms with van der Waals surface area (Å²) in [5.74, 6) is 0.847. The molecule has 1 aromatic rings. The van der Waals surface area contributed by atoms with E-state index in [1.807, 2.05) is 0 Å². The van der Waals surface area contributed by atoms with Gasteiger partial charge in [-0.05, 0) is 30.5 Å². The summed E-state index contributed by atoms with van der Waals surface area (Å²) in [4.78, 5) is 15.2. The van der Waals surface area contributed by atoms with Crippen molar-refractivity contribution in [2.75, 3.05) is 32.8 Å². The molecular formula is C19H28ClN3O3. The molecule has 1 aromatic carbocycles. The first-order valence-corrected chi connectivity index (χ1v) is 9.64. The summed E-state index contributed by atoms with van der Waals surface area (Å²) in [5, 5.41) is 3.64. The lowest BCUT2D eigenvalue weighted by Gasteiger charge is -2.36. The zero-order valence-corrected chi connectivity index (χ0v) is 16.2. The van der Waals surface area contributed by atoms with Gasteiger partial charge in [0.05, 0.1) is 18.3 Å². The van der Waals surface area contributed by atoms with E-state index >= 15 is 0 Å². The number of hydrogen-bond acceptors (Lipinski definition) is 5. The van der Waals surface area contributed by atoms with Gasteiger partial charge in [-0.2, -0.15) is 0 Å². The Morgan fingerprint density at radius 3 is 3.00 bits per heavy atom. The number of benzene rings is 1. The number of fused-ring (bicyclic) bond motifs is 1. The Morgan fingerprint density at radius 2 is 2.27 bits per heavy atom. The highest BCUT2D eigenvalue weighted by Gasteiger charge is 2.38. The maximum atomic E-state index is 12.8. The molecule has 2 fully saturated rings. The average molecular weight is 382 g/mol. The predicted molar refractivity (Wildman–Crippen MR) is 102 cm³/mol. The first kappa shape index (κ1) is 19.4. The SMILES string of the molecule is CC(C)[C@@H]1CN2C[C@H](NC(=O)c3cc(Cl)ccc3OCCN)C[C@H]2CO1. The molecule has 7 heteroatoms. The summed E-state index contributed by atoms with van der Waals surface area (Å²) in [6.07, 6.45) is 1.17. The maximum Gasteiger partial charge on any atom is 0.255 e. The summed E-state index contributed by atoms with van der Waals surface area (Å²) in [6.45, 7) is 7.62. The third-order valence-electron chi connectivity index (χ3n) is 5.09. The quantitative estimate of drug-likeness (QED) is 0.787. The summed E-state index contributed by atoms with van der Waals surface area (Å²) >= 11 is 6.07. The molecule has 0 radical (unpaired) electrons. The number of carbonyl (C=O) groups is 1. The molecule has 0 unspecified atom stereocenters. The number of rotatable bonds is 6. The van der Waals surface area contributed by atoms with Crippen LogP contribution in [0.3, 0.4) is 0 Å². The van der Waals surface area contributed by atoms with E-state index in [-0.39, 0.29) is 18.1 Å². The molecule has 3 atom stereocenters. The minimum atomic E-state index is -0.161. The first-order valence-electron chi connectivity index (χ1n) is 9.27. The van der Waals surface area contributed by atoms with Crippen LogP contribution in [-0.2, 0) is 4.74 Å².